The van der Waals surface area contributed by atoms with Gasteiger partial charge in [0, 0.05) is 0 Å². The van der Waals surface area contributed by atoms with E-state index in [0.29, 0.717) is 0 Å². The van der Waals surface area contributed by atoms with Gasteiger partial charge in [-0.25, -0.2) is 9.59 Å². The van der Waals surface area contributed by atoms with Gasteiger partial charge in [-0.1, -0.05) is 0 Å². The van der Waals surface area contributed by atoms with Gasteiger partial charge in [0.25, 0.3) is 5.91 Å². The first-order valence-corrected chi connectivity index (χ1v) is 6.83. The molecule has 0 aromatic carbocycles. The van der Waals surface area contributed by atoms with Gasteiger partial charge in [-0.2, -0.15) is 0 Å². The molecule has 0 aromatic rings. The third kappa shape index (κ3) is 7.85. The summed E-state index contributed by atoms with van der Waals surface area (Å²) in [6, 6.07) is -0.782. The Bertz CT molecular complexity index is 353. The van der Waals surface area contributed by atoms with E-state index in [1.807, 2.05) is 0 Å². The summed E-state index contributed by atoms with van der Waals surface area (Å²) in [4.78, 5) is 34.2. The maximum Gasteiger partial charge on any atom is 0.408 e. The number of alkyl halides is 1. The summed E-state index contributed by atoms with van der Waals surface area (Å²) in [5, 5.41) is 4.77. The van der Waals surface area contributed by atoms with Crippen molar-refractivity contribution in [2.24, 2.45) is 0 Å². The van der Waals surface area contributed by atoms with Crippen molar-refractivity contribution in [2.45, 2.75) is 43.4 Å². The van der Waals surface area contributed by atoms with Crippen molar-refractivity contribution in [3.63, 3.8) is 0 Å². The lowest BCUT2D eigenvalue weighted by atomic mass is 10.2. The summed E-state index contributed by atoms with van der Waals surface area (Å²) in [5.74, 6) is -1.07. The molecule has 0 radical (unpaired) electrons. The van der Waals surface area contributed by atoms with Crippen molar-refractivity contribution in [1.82, 2.24) is 10.6 Å². The fraction of sp³-hybridized carbons (Fsp3) is 0.727. The Morgan fingerprint density at radius 3 is 2.11 bits per heavy atom. The molecule has 0 bridgehead atoms. The molecule has 0 aliphatic carbocycles. The van der Waals surface area contributed by atoms with Gasteiger partial charge in [0.2, 0.25) is 0 Å². The van der Waals surface area contributed by atoms with E-state index >= 15 is 0 Å². The second-order valence-electron chi connectivity index (χ2n) is 4.76. The standard InChI is InChI=1S/C11H19IN2O5/c1-6(9(16)18-5)13-8(15)7(12)14-10(17)19-11(2,3)4/h6-7H,1-5H3,(H,13,15)(H,14,17). The molecule has 0 aromatic heterocycles. The van der Waals surface area contributed by atoms with Gasteiger partial charge < -0.3 is 20.1 Å². The number of alkyl carbamates (subject to hydrolysis) is 1. The average molecular weight is 386 g/mol. The van der Waals surface area contributed by atoms with E-state index in [1.54, 1.807) is 43.4 Å². The van der Waals surface area contributed by atoms with Crippen LogP contribution < -0.4 is 10.6 Å². The number of nitrogens with one attached hydrogen (secondary N) is 2. The van der Waals surface area contributed by atoms with E-state index in [9.17, 15) is 14.4 Å². The zero-order valence-corrected chi connectivity index (χ0v) is 13.7. The Balaban J connectivity index is 4.28. The van der Waals surface area contributed by atoms with E-state index in [-0.39, 0.29) is 0 Å². The molecule has 0 aliphatic heterocycles. The Morgan fingerprint density at radius 1 is 1.16 bits per heavy atom. The molecule has 110 valence electrons. The van der Waals surface area contributed by atoms with Crippen LogP contribution in [0.15, 0.2) is 0 Å². The van der Waals surface area contributed by atoms with Crippen LogP contribution in [0.3, 0.4) is 0 Å². The number of ether oxygens (including phenoxy) is 2. The van der Waals surface area contributed by atoms with E-state index in [1.165, 1.54) is 14.0 Å². The quantitative estimate of drug-likeness (QED) is 0.325. The molecule has 0 spiro atoms. The molecule has 2 unspecified atom stereocenters. The van der Waals surface area contributed by atoms with E-state index < -0.39 is 33.7 Å². The first kappa shape index (κ1) is 17.9. The van der Waals surface area contributed by atoms with Gasteiger partial charge in [0.1, 0.15) is 11.6 Å². The van der Waals surface area contributed by atoms with Crippen molar-refractivity contribution >= 4 is 40.6 Å². The molecular formula is C11H19IN2O5. The minimum Gasteiger partial charge on any atom is -0.467 e. The van der Waals surface area contributed by atoms with Crippen molar-refractivity contribution in [3.8, 4) is 0 Å². The highest BCUT2D eigenvalue weighted by Crippen LogP contribution is 2.08. The molecule has 0 heterocycles. The third-order valence-corrected chi connectivity index (χ3v) is 2.66. The molecule has 2 amide bonds. The van der Waals surface area contributed by atoms with Crippen LogP contribution in [0.2, 0.25) is 0 Å². The fourth-order valence-electron chi connectivity index (χ4n) is 0.999. The lowest BCUT2D eigenvalue weighted by Crippen LogP contribution is -2.49. The molecule has 0 aliphatic rings. The second kappa shape index (κ2) is 7.51. The minimum absolute atomic E-state index is 0.510. The molecule has 2 atom stereocenters. The SMILES string of the molecule is COC(=O)C(C)NC(=O)C(I)NC(=O)OC(C)(C)C. The van der Waals surface area contributed by atoms with Crippen molar-refractivity contribution in [3.05, 3.63) is 0 Å². The Hall–Kier alpha value is -1.06. The van der Waals surface area contributed by atoms with Gasteiger partial charge in [-0.3, -0.25) is 4.79 Å². The van der Waals surface area contributed by atoms with Crippen molar-refractivity contribution in [2.75, 3.05) is 7.11 Å². The van der Waals surface area contributed by atoms with Crippen LogP contribution in [0.5, 0.6) is 0 Å². The van der Waals surface area contributed by atoms with Crippen LogP contribution in [-0.2, 0) is 19.1 Å². The second-order valence-corrected chi connectivity index (χ2v) is 6.01. The summed E-state index contributed by atoms with van der Waals surface area (Å²) in [5.41, 5.74) is -0.643. The van der Waals surface area contributed by atoms with Crippen molar-refractivity contribution in [1.29, 1.82) is 0 Å². The van der Waals surface area contributed by atoms with E-state index in [0.717, 1.165) is 0 Å². The van der Waals surface area contributed by atoms with Gasteiger partial charge in [-0.05, 0) is 50.3 Å². The number of hydrogen-bond donors (Lipinski definition) is 2. The molecule has 0 rings (SSSR count). The number of hydrogen-bond acceptors (Lipinski definition) is 5. The summed E-state index contributed by atoms with van der Waals surface area (Å²) in [6.07, 6.45) is -0.701. The molecule has 19 heavy (non-hydrogen) atoms. The predicted molar refractivity (Wildman–Crippen MR) is 76.8 cm³/mol. The lowest BCUT2D eigenvalue weighted by molar-refractivity contribution is -0.144. The zero-order chi connectivity index (χ0) is 15.2. The molecule has 7 nitrogen and oxygen atoms in total. The van der Waals surface area contributed by atoms with Crippen LogP contribution in [0, 0.1) is 0 Å². The molecule has 8 heteroatoms. The van der Waals surface area contributed by atoms with Crippen LogP contribution in [-0.4, -0.2) is 40.8 Å². The highest BCUT2D eigenvalue weighted by molar-refractivity contribution is 14.1. The van der Waals surface area contributed by atoms with Gasteiger partial charge in [0.05, 0.1) is 7.11 Å². The number of carbonyl (C=O) groups excluding carboxylic acids is 3. The summed E-state index contributed by atoms with van der Waals surface area (Å²) >= 11 is 1.73. The summed E-state index contributed by atoms with van der Waals surface area (Å²) in [6.45, 7) is 6.64. The Kier molecular flexibility index (Phi) is 7.09. The largest absolute Gasteiger partial charge is 0.467 e. The number of amides is 2. The number of methoxy groups -OCH3 is 1. The number of esters is 1. The highest BCUT2D eigenvalue weighted by Gasteiger charge is 2.24. The monoisotopic (exact) mass is 386 g/mol. The fourth-order valence-corrected chi connectivity index (χ4v) is 1.43. The summed E-state index contributed by atoms with van der Waals surface area (Å²) < 4.78 is 8.63. The minimum atomic E-state index is -0.848. The van der Waals surface area contributed by atoms with Crippen LogP contribution in [0.25, 0.3) is 0 Å². The van der Waals surface area contributed by atoms with Crippen LogP contribution >= 0.6 is 22.6 Å². The van der Waals surface area contributed by atoms with Crippen molar-refractivity contribution < 1.29 is 23.9 Å². The maximum atomic E-state index is 11.7. The van der Waals surface area contributed by atoms with Gasteiger partial charge >= 0.3 is 12.1 Å². The topological polar surface area (TPSA) is 93.7 Å². The maximum absolute atomic E-state index is 11.7. The first-order chi connectivity index (χ1) is 8.56. The molecule has 0 fully saturated rings. The first-order valence-electron chi connectivity index (χ1n) is 5.58. The Labute approximate surface area is 125 Å². The van der Waals surface area contributed by atoms with Gasteiger partial charge in [0.15, 0.2) is 4.05 Å². The van der Waals surface area contributed by atoms with Crippen LogP contribution in [0.4, 0.5) is 4.79 Å². The molecule has 0 saturated heterocycles. The number of halogens is 1. The molecule has 2 N–H and O–H groups in total. The zero-order valence-electron chi connectivity index (χ0n) is 11.6. The van der Waals surface area contributed by atoms with E-state index in [2.05, 4.69) is 15.4 Å². The third-order valence-electron chi connectivity index (χ3n) is 1.79. The smallest absolute Gasteiger partial charge is 0.408 e. The van der Waals surface area contributed by atoms with Crippen LogP contribution in [0.1, 0.15) is 27.7 Å². The average Bonchev–Trinajstić information content (AvgIpc) is 2.24. The molecule has 0 saturated carbocycles. The number of carbonyl (C=O) groups is 3. The lowest BCUT2D eigenvalue weighted by Gasteiger charge is -2.21. The van der Waals surface area contributed by atoms with E-state index in [4.69, 9.17) is 4.74 Å². The predicted octanol–water partition coefficient (Wildman–Crippen LogP) is 0.950. The van der Waals surface area contributed by atoms with Gasteiger partial charge in [-0.15, -0.1) is 0 Å². The highest BCUT2D eigenvalue weighted by atomic mass is 127. The molecular weight excluding hydrogens is 367 g/mol. The summed E-state index contributed by atoms with van der Waals surface area (Å²) in [7, 11) is 1.23. The normalized spacial score (nSPS) is 14.0. The Morgan fingerprint density at radius 2 is 1.68 bits per heavy atom. The number of rotatable bonds is 4.